The minimum absolute atomic E-state index is 0.186. The third kappa shape index (κ3) is 1.93. The van der Waals surface area contributed by atoms with E-state index in [1.807, 2.05) is 17.7 Å². The van der Waals surface area contributed by atoms with Crippen molar-refractivity contribution in [2.24, 2.45) is 13.0 Å². The molecule has 1 N–H and O–H groups in total. The number of benzene rings is 1. The average molecular weight is 247 g/mol. The fraction of sp³-hybridized carbons (Fsp3) is 0.467. The fourth-order valence-electron chi connectivity index (χ4n) is 3.15. The molecule has 2 unspecified atom stereocenters. The van der Waals surface area contributed by atoms with Crippen molar-refractivity contribution in [2.75, 3.05) is 0 Å². The molecule has 1 saturated carbocycles. The first kappa shape index (κ1) is 11.7. The van der Waals surface area contributed by atoms with Crippen LogP contribution in [0.1, 0.15) is 24.8 Å². The van der Waals surface area contributed by atoms with E-state index in [0.29, 0.717) is 5.92 Å². The number of aromatic nitrogens is 1. The van der Waals surface area contributed by atoms with Gasteiger partial charge in [-0.15, -0.1) is 0 Å². The number of halogens is 1. The molecular formula is C15H18FNO. The average Bonchev–Trinajstić information content (AvgIpc) is 2.86. The van der Waals surface area contributed by atoms with Crippen LogP contribution in [0.15, 0.2) is 24.4 Å². The van der Waals surface area contributed by atoms with Crippen LogP contribution in [0.25, 0.3) is 10.9 Å². The lowest BCUT2D eigenvalue weighted by atomic mass is 9.96. The van der Waals surface area contributed by atoms with Crippen LogP contribution >= 0.6 is 0 Å². The summed E-state index contributed by atoms with van der Waals surface area (Å²) in [5, 5.41) is 10.9. The molecule has 1 aromatic heterocycles. The summed E-state index contributed by atoms with van der Waals surface area (Å²) in [5.41, 5.74) is 2.21. The maximum atomic E-state index is 13.4. The van der Waals surface area contributed by atoms with Crippen molar-refractivity contribution in [1.82, 2.24) is 4.57 Å². The molecule has 0 amide bonds. The van der Waals surface area contributed by atoms with E-state index >= 15 is 0 Å². The second-order valence-electron chi connectivity index (χ2n) is 5.39. The lowest BCUT2D eigenvalue weighted by Gasteiger charge is -2.13. The highest BCUT2D eigenvalue weighted by atomic mass is 19.1. The van der Waals surface area contributed by atoms with Crippen LogP contribution in [-0.4, -0.2) is 15.8 Å². The highest BCUT2D eigenvalue weighted by Gasteiger charge is 2.26. The normalized spacial score (nSPS) is 23.9. The van der Waals surface area contributed by atoms with Crippen molar-refractivity contribution in [3.8, 4) is 0 Å². The molecule has 96 valence electrons. The third-order valence-electron chi connectivity index (χ3n) is 4.14. The first-order valence-corrected chi connectivity index (χ1v) is 6.56. The van der Waals surface area contributed by atoms with Crippen molar-refractivity contribution in [3.63, 3.8) is 0 Å². The zero-order valence-corrected chi connectivity index (χ0v) is 10.6. The van der Waals surface area contributed by atoms with Crippen molar-refractivity contribution < 1.29 is 9.50 Å². The molecule has 0 saturated heterocycles. The topological polar surface area (TPSA) is 25.2 Å². The Bertz CT molecular complexity index is 575. The van der Waals surface area contributed by atoms with Crippen molar-refractivity contribution in [1.29, 1.82) is 0 Å². The van der Waals surface area contributed by atoms with E-state index in [0.717, 1.165) is 42.1 Å². The Kier molecular flexibility index (Phi) is 2.86. The van der Waals surface area contributed by atoms with Gasteiger partial charge in [0.15, 0.2) is 0 Å². The predicted octanol–water partition coefficient (Wildman–Crippen LogP) is 3.02. The number of aliphatic hydroxyl groups is 1. The first-order chi connectivity index (χ1) is 8.65. The molecule has 0 bridgehead atoms. The van der Waals surface area contributed by atoms with E-state index in [1.165, 1.54) is 6.07 Å². The van der Waals surface area contributed by atoms with Gasteiger partial charge in [-0.1, -0.05) is 6.42 Å². The van der Waals surface area contributed by atoms with Gasteiger partial charge in [0, 0.05) is 24.1 Å². The number of hydrogen-bond acceptors (Lipinski definition) is 1. The van der Waals surface area contributed by atoms with Gasteiger partial charge >= 0.3 is 0 Å². The molecule has 3 heteroatoms. The Morgan fingerprint density at radius 2 is 2.22 bits per heavy atom. The smallest absolute Gasteiger partial charge is 0.123 e. The Hall–Kier alpha value is -1.35. The fourth-order valence-corrected chi connectivity index (χ4v) is 3.15. The Labute approximate surface area is 106 Å². The molecule has 2 atom stereocenters. The molecule has 1 aromatic carbocycles. The van der Waals surface area contributed by atoms with Crippen molar-refractivity contribution >= 4 is 10.9 Å². The van der Waals surface area contributed by atoms with E-state index in [-0.39, 0.29) is 11.9 Å². The molecule has 1 aliphatic carbocycles. The number of rotatable bonds is 2. The zero-order chi connectivity index (χ0) is 12.7. The highest BCUT2D eigenvalue weighted by Crippen LogP contribution is 2.31. The third-order valence-corrected chi connectivity index (χ3v) is 4.14. The monoisotopic (exact) mass is 247 g/mol. The SMILES string of the molecule is Cn1cc(CC2CCCC2O)c2cc(F)ccc21. The molecule has 0 spiro atoms. The summed E-state index contributed by atoms with van der Waals surface area (Å²) < 4.78 is 15.4. The van der Waals surface area contributed by atoms with Crippen LogP contribution in [0.3, 0.4) is 0 Å². The summed E-state index contributed by atoms with van der Waals surface area (Å²) in [5.74, 6) is 0.140. The summed E-state index contributed by atoms with van der Waals surface area (Å²) in [7, 11) is 1.98. The Morgan fingerprint density at radius 1 is 1.39 bits per heavy atom. The van der Waals surface area contributed by atoms with E-state index < -0.39 is 0 Å². The minimum atomic E-state index is -0.193. The second-order valence-corrected chi connectivity index (χ2v) is 5.39. The second kappa shape index (κ2) is 4.39. The van der Waals surface area contributed by atoms with Gasteiger partial charge in [-0.25, -0.2) is 4.39 Å². The summed E-state index contributed by atoms with van der Waals surface area (Å²) in [6.07, 6.45) is 5.81. The van der Waals surface area contributed by atoms with Gasteiger partial charge in [0.1, 0.15) is 5.82 Å². The summed E-state index contributed by atoms with van der Waals surface area (Å²) in [4.78, 5) is 0. The Morgan fingerprint density at radius 3 is 2.94 bits per heavy atom. The van der Waals surface area contributed by atoms with Crippen LogP contribution in [0.2, 0.25) is 0 Å². The summed E-state index contributed by atoms with van der Waals surface area (Å²) in [6, 6.07) is 4.92. The predicted molar refractivity (Wildman–Crippen MR) is 69.9 cm³/mol. The quantitative estimate of drug-likeness (QED) is 0.867. The molecule has 1 heterocycles. The number of aliphatic hydroxyl groups excluding tert-OH is 1. The van der Waals surface area contributed by atoms with Crippen molar-refractivity contribution in [3.05, 3.63) is 35.8 Å². The molecule has 0 radical (unpaired) electrons. The number of nitrogens with zero attached hydrogens (tertiary/aromatic N) is 1. The van der Waals surface area contributed by atoms with Crippen LogP contribution in [0.4, 0.5) is 4.39 Å². The van der Waals surface area contributed by atoms with Crippen LogP contribution in [0.5, 0.6) is 0 Å². The number of fused-ring (bicyclic) bond motifs is 1. The lowest BCUT2D eigenvalue weighted by molar-refractivity contribution is 0.133. The van der Waals surface area contributed by atoms with E-state index in [1.54, 1.807) is 6.07 Å². The largest absolute Gasteiger partial charge is 0.393 e. The van der Waals surface area contributed by atoms with E-state index in [4.69, 9.17) is 0 Å². The molecule has 18 heavy (non-hydrogen) atoms. The maximum Gasteiger partial charge on any atom is 0.123 e. The maximum absolute atomic E-state index is 13.4. The number of hydrogen-bond donors (Lipinski definition) is 1. The van der Waals surface area contributed by atoms with Gasteiger partial charge in [0.2, 0.25) is 0 Å². The van der Waals surface area contributed by atoms with Gasteiger partial charge < -0.3 is 9.67 Å². The van der Waals surface area contributed by atoms with Gasteiger partial charge in [-0.05, 0) is 48.9 Å². The number of aryl methyl sites for hydroxylation is 1. The van der Waals surface area contributed by atoms with Crippen LogP contribution in [-0.2, 0) is 13.5 Å². The molecule has 1 aliphatic rings. The van der Waals surface area contributed by atoms with Crippen LogP contribution in [0, 0.1) is 11.7 Å². The minimum Gasteiger partial charge on any atom is -0.393 e. The molecule has 2 aromatic rings. The standard InChI is InChI=1S/C15H18FNO/c1-17-9-11(7-10-3-2-4-15(10)18)13-8-12(16)5-6-14(13)17/h5-6,8-10,15,18H,2-4,7H2,1H3. The van der Waals surface area contributed by atoms with Crippen LogP contribution < -0.4 is 0 Å². The molecule has 1 fully saturated rings. The van der Waals surface area contributed by atoms with E-state index in [2.05, 4.69) is 6.20 Å². The molecular weight excluding hydrogens is 229 g/mol. The summed E-state index contributed by atoms with van der Waals surface area (Å²) in [6.45, 7) is 0. The van der Waals surface area contributed by atoms with Gasteiger partial charge in [-0.3, -0.25) is 0 Å². The lowest BCUT2D eigenvalue weighted by Crippen LogP contribution is -2.15. The Balaban J connectivity index is 1.98. The molecule has 3 rings (SSSR count). The summed E-state index contributed by atoms with van der Waals surface area (Å²) >= 11 is 0. The zero-order valence-electron chi connectivity index (χ0n) is 10.6. The van der Waals surface area contributed by atoms with Gasteiger partial charge in [0.05, 0.1) is 6.10 Å². The first-order valence-electron chi connectivity index (χ1n) is 6.56. The van der Waals surface area contributed by atoms with Crippen molar-refractivity contribution in [2.45, 2.75) is 31.8 Å². The highest BCUT2D eigenvalue weighted by molar-refractivity contribution is 5.84. The molecule has 2 nitrogen and oxygen atoms in total. The molecule has 0 aliphatic heterocycles. The van der Waals surface area contributed by atoms with E-state index in [9.17, 15) is 9.50 Å². The van der Waals surface area contributed by atoms with Gasteiger partial charge in [-0.2, -0.15) is 0 Å². The van der Waals surface area contributed by atoms with Gasteiger partial charge in [0.25, 0.3) is 0 Å².